The van der Waals surface area contributed by atoms with Gasteiger partial charge in [0.1, 0.15) is 17.7 Å². The standard InChI is InChI=1S/C12H16N2O2/c1-8-5-9(2)14-12(11(8)6-13)16-10(3)7-15-4/h5,10H,7H2,1-4H3. The summed E-state index contributed by atoms with van der Waals surface area (Å²) >= 11 is 0. The van der Waals surface area contributed by atoms with Gasteiger partial charge in [0.2, 0.25) is 5.88 Å². The molecule has 0 aromatic carbocycles. The Morgan fingerprint density at radius 1 is 1.50 bits per heavy atom. The lowest BCUT2D eigenvalue weighted by Crippen LogP contribution is -2.19. The molecule has 4 nitrogen and oxygen atoms in total. The van der Waals surface area contributed by atoms with Crippen molar-refractivity contribution in [2.45, 2.75) is 26.9 Å². The van der Waals surface area contributed by atoms with Gasteiger partial charge in [0.25, 0.3) is 0 Å². The predicted molar refractivity (Wildman–Crippen MR) is 60.4 cm³/mol. The van der Waals surface area contributed by atoms with E-state index >= 15 is 0 Å². The monoisotopic (exact) mass is 220 g/mol. The molecular formula is C12H16N2O2. The summed E-state index contributed by atoms with van der Waals surface area (Å²) in [5.41, 5.74) is 2.22. The van der Waals surface area contributed by atoms with E-state index in [0.717, 1.165) is 11.3 Å². The fraction of sp³-hybridized carbons (Fsp3) is 0.500. The van der Waals surface area contributed by atoms with Gasteiger partial charge in [0.15, 0.2) is 0 Å². The quantitative estimate of drug-likeness (QED) is 0.778. The normalized spacial score (nSPS) is 11.9. The van der Waals surface area contributed by atoms with Gasteiger partial charge >= 0.3 is 0 Å². The Morgan fingerprint density at radius 3 is 2.75 bits per heavy atom. The maximum atomic E-state index is 9.03. The first-order chi connectivity index (χ1) is 7.58. The van der Waals surface area contributed by atoms with Crippen molar-refractivity contribution in [3.05, 3.63) is 22.9 Å². The van der Waals surface area contributed by atoms with Crippen LogP contribution in [-0.2, 0) is 4.74 Å². The smallest absolute Gasteiger partial charge is 0.232 e. The van der Waals surface area contributed by atoms with Gasteiger partial charge in [-0.2, -0.15) is 5.26 Å². The van der Waals surface area contributed by atoms with E-state index < -0.39 is 0 Å². The lowest BCUT2D eigenvalue weighted by molar-refractivity contribution is 0.0886. The van der Waals surface area contributed by atoms with Crippen molar-refractivity contribution in [2.75, 3.05) is 13.7 Å². The van der Waals surface area contributed by atoms with Crippen molar-refractivity contribution in [2.24, 2.45) is 0 Å². The minimum Gasteiger partial charge on any atom is -0.471 e. The van der Waals surface area contributed by atoms with Crippen molar-refractivity contribution >= 4 is 0 Å². The third kappa shape index (κ3) is 2.94. The Kier molecular flexibility index (Phi) is 4.27. The van der Waals surface area contributed by atoms with Crippen molar-refractivity contribution in [1.82, 2.24) is 4.98 Å². The molecule has 0 bridgehead atoms. The Balaban J connectivity index is 2.99. The highest BCUT2D eigenvalue weighted by Gasteiger charge is 2.12. The van der Waals surface area contributed by atoms with Crippen LogP contribution < -0.4 is 4.74 Å². The van der Waals surface area contributed by atoms with E-state index in [-0.39, 0.29) is 6.10 Å². The lowest BCUT2D eigenvalue weighted by atomic mass is 10.1. The lowest BCUT2D eigenvalue weighted by Gasteiger charge is -2.15. The summed E-state index contributed by atoms with van der Waals surface area (Å²) in [4.78, 5) is 4.23. The predicted octanol–water partition coefficient (Wildman–Crippen LogP) is 1.98. The van der Waals surface area contributed by atoms with Gasteiger partial charge in [-0.15, -0.1) is 0 Å². The van der Waals surface area contributed by atoms with Gasteiger partial charge in [-0.05, 0) is 32.4 Å². The summed E-state index contributed by atoms with van der Waals surface area (Å²) < 4.78 is 10.6. The molecule has 0 aliphatic rings. The molecule has 0 saturated heterocycles. The first-order valence-corrected chi connectivity index (χ1v) is 5.12. The molecule has 0 fully saturated rings. The van der Waals surface area contributed by atoms with E-state index in [1.54, 1.807) is 7.11 Å². The molecule has 86 valence electrons. The molecule has 4 heteroatoms. The summed E-state index contributed by atoms with van der Waals surface area (Å²) in [6.07, 6.45) is -0.120. The van der Waals surface area contributed by atoms with Crippen LogP contribution in [0.2, 0.25) is 0 Å². The Hall–Kier alpha value is -1.60. The molecule has 1 heterocycles. The molecule has 0 amide bonds. The van der Waals surface area contributed by atoms with Crippen LogP contribution in [-0.4, -0.2) is 24.8 Å². The highest BCUT2D eigenvalue weighted by molar-refractivity contribution is 5.45. The van der Waals surface area contributed by atoms with Gasteiger partial charge in [-0.25, -0.2) is 4.98 Å². The molecule has 1 aromatic rings. The van der Waals surface area contributed by atoms with Crippen LogP contribution in [0.15, 0.2) is 6.07 Å². The Morgan fingerprint density at radius 2 is 2.19 bits per heavy atom. The first-order valence-electron chi connectivity index (χ1n) is 5.12. The van der Waals surface area contributed by atoms with Crippen LogP contribution in [0.1, 0.15) is 23.7 Å². The second kappa shape index (κ2) is 5.47. The molecule has 0 aliphatic carbocycles. The van der Waals surface area contributed by atoms with E-state index in [4.69, 9.17) is 14.7 Å². The highest BCUT2D eigenvalue weighted by atomic mass is 16.5. The number of hydrogen-bond donors (Lipinski definition) is 0. The van der Waals surface area contributed by atoms with Gasteiger partial charge in [0, 0.05) is 12.8 Å². The molecule has 16 heavy (non-hydrogen) atoms. The van der Waals surface area contributed by atoms with Crippen molar-refractivity contribution in [3.8, 4) is 11.9 Å². The van der Waals surface area contributed by atoms with E-state index in [9.17, 15) is 0 Å². The number of aryl methyl sites for hydroxylation is 2. The van der Waals surface area contributed by atoms with Crippen LogP contribution in [0.4, 0.5) is 0 Å². The largest absolute Gasteiger partial charge is 0.471 e. The zero-order valence-corrected chi connectivity index (χ0v) is 10.1. The summed E-state index contributed by atoms with van der Waals surface area (Å²) in [5, 5.41) is 9.03. The Labute approximate surface area is 95.8 Å². The average Bonchev–Trinajstić information content (AvgIpc) is 2.17. The summed E-state index contributed by atoms with van der Waals surface area (Å²) in [5.74, 6) is 0.393. The molecule has 0 radical (unpaired) electrons. The molecule has 0 N–H and O–H groups in total. The van der Waals surface area contributed by atoms with Gasteiger partial charge in [0.05, 0.1) is 6.61 Å². The second-order valence-corrected chi connectivity index (χ2v) is 3.76. The second-order valence-electron chi connectivity index (χ2n) is 3.76. The van der Waals surface area contributed by atoms with Crippen LogP contribution in [0, 0.1) is 25.2 Å². The fourth-order valence-corrected chi connectivity index (χ4v) is 1.48. The third-order valence-electron chi connectivity index (χ3n) is 2.14. The number of ether oxygens (including phenoxy) is 2. The van der Waals surface area contributed by atoms with Crippen molar-refractivity contribution in [3.63, 3.8) is 0 Å². The van der Waals surface area contributed by atoms with E-state index in [1.165, 1.54) is 0 Å². The SMILES string of the molecule is COCC(C)Oc1nc(C)cc(C)c1C#N. The average molecular weight is 220 g/mol. The molecular weight excluding hydrogens is 204 g/mol. The van der Waals surface area contributed by atoms with Crippen LogP contribution in [0.25, 0.3) is 0 Å². The summed E-state index contributed by atoms with van der Waals surface area (Å²) in [7, 11) is 1.61. The maximum absolute atomic E-state index is 9.03. The fourth-order valence-electron chi connectivity index (χ4n) is 1.48. The third-order valence-corrected chi connectivity index (χ3v) is 2.14. The Bertz CT molecular complexity index is 410. The van der Waals surface area contributed by atoms with E-state index in [0.29, 0.717) is 18.1 Å². The van der Waals surface area contributed by atoms with Gasteiger partial charge in [-0.1, -0.05) is 0 Å². The number of pyridine rings is 1. The summed E-state index contributed by atoms with van der Waals surface area (Å²) in [6, 6.07) is 3.98. The number of nitrogens with zero attached hydrogens (tertiary/aromatic N) is 2. The minimum atomic E-state index is -0.120. The molecule has 1 rings (SSSR count). The van der Waals surface area contributed by atoms with Crippen LogP contribution in [0.5, 0.6) is 5.88 Å². The number of hydrogen-bond acceptors (Lipinski definition) is 4. The number of rotatable bonds is 4. The molecule has 0 saturated carbocycles. The van der Waals surface area contributed by atoms with Crippen LogP contribution in [0.3, 0.4) is 0 Å². The zero-order chi connectivity index (χ0) is 12.1. The zero-order valence-electron chi connectivity index (χ0n) is 10.1. The van der Waals surface area contributed by atoms with E-state index in [1.807, 2.05) is 26.8 Å². The maximum Gasteiger partial charge on any atom is 0.232 e. The molecule has 1 atom stereocenters. The van der Waals surface area contributed by atoms with E-state index in [2.05, 4.69) is 11.1 Å². The van der Waals surface area contributed by atoms with Crippen LogP contribution >= 0.6 is 0 Å². The number of aromatic nitrogens is 1. The number of methoxy groups -OCH3 is 1. The molecule has 1 aromatic heterocycles. The summed E-state index contributed by atoms with van der Waals surface area (Å²) in [6.45, 7) is 6.10. The molecule has 0 spiro atoms. The highest BCUT2D eigenvalue weighted by Crippen LogP contribution is 2.20. The minimum absolute atomic E-state index is 0.120. The van der Waals surface area contributed by atoms with Crippen molar-refractivity contribution in [1.29, 1.82) is 5.26 Å². The topological polar surface area (TPSA) is 55.1 Å². The van der Waals surface area contributed by atoms with Crippen molar-refractivity contribution < 1.29 is 9.47 Å². The molecule has 1 unspecified atom stereocenters. The number of nitriles is 1. The van der Waals surface area contributed by atoms with Gasteiger partial charge in [-0.3, -0.25) is 0 Å². The first kappa shape index (κ1) is 12.5. The van der Waals surface area contributed by atoms with Gasteiger partial charge < -0.3 is 9.47 Å². The molecule has 0 aliphatic heterocycles.